The molecule has 1 aliphatic rings. The fraction of sp³-hybridized carbons (Fsp3) is 0.0800. The number of thioether (sulfide) groups is 1. The third-order valence-electron chi connectivity index (χ3n) is 4.88. The van der Waals surface area contributed by atoms with Gasteiger partial charge < -0.3 is 9.84 Å². The Morgan fingerprint density at radius 1 is 1.18 bits per heavy atom. The van der Waals surface area contributed by atoms with Gasteiger partial charge in [-0.25, -0.2) is 14.2 Å². The predicted octanol–water partition coefficient (Wildman–Crippen LogP) is 5.94. The summed E-state index contributed by atoms with van der Waals surface area (Å²) in [6.07, 6.45) is 1.79. The first-order valence-electron chi connectivity index (χ1n) is 10.1. The first kappa shape index (κ1) is 24.0. The van der Waals surface area contributed by atoms with Crippen LogP contribution in [-0.2, 0) is 11.4 Å². The van der Waals surface area contributed by atoms with Crippen molar-refractivity contribution in [2.24, 2.45) is 4.99 Å². The summed E-state index contributed by atoms with van der Waals surface area (Å²) in [6.45, 7) is 0.251. The highest BCUT2D eigenvalue weighted by atomic mass is 127. The Hall–Kier alpha value is -3.18. The normalized spacial score (nSPS) is 15.9. The fourth-order valence-electron chi connectivity index (χ4n) is 3.10. The van der Waals surface area contributed by atoms with Crippen LogP contribution in [-0.4, -0.2) is 34.1 Å². The number of carbonyl (C=O) groups excluding carboxylic acids is 1. The van der Waals surface area contributed by atoms with Crippen molar-refractivity contribution in [1.82, 2.24) is 4.90 Å². The van der Waals surface area contributed by atoms with Crippen molar-refractivity contribution in [1.29, 1.82) is 0 Å². The van der Waals surface area contributed by atoms with Crippen LogP contribution >= 0.6 is 34.4 Å². The monoisotopic (exact) mass is 588 g/mol. The molecule has 0 bridgehead atoms. The molecule has 172 valence electrons. The van der Waals surface area contributed by atoms with Crippen molar-refractivity contribution in [3.8, 4) is 5.75 Å². The Kier molecular flexibility index (Phi) is 7.32. The molecule has 1 heterocycles. The number of halogens is 2. The summed E-state index contributed by atoms with van der Waals surface area (Å²) in [5.74, 6) is -0.817. The van der Waals surface area contributed by atoms with E-state index in [0.29, 0.717) is 21.5 Å². The standard InChI is InChI=1S/C25H18FIN2O4S/c1-29-23(30)22(34-25(29)28-19-8-6-17(7-9-19)24(31)32)13-15-5-10-21(20(27)12-15)33-14-16-3-2-4-18(26)11-16/h2-13H,14H2,1H3,(H,31,32)/b22-13-,28-25?. The molecule has 0 unspecified atom stereocenters. The number of likely N-dealkylation sites (N-methyl/N-ethyl adjacent to an activating group) is 1. The zero-order valence-corrected chi connectivity index (χ0v) is 20.8. The first-order chi connectivity index (χ1) is 16.3. The van der Waals surface area contributed by atoms with E-state index in [1.165, 1.54) is 40.9 Å². The maximum atomic E-state index is 13.3. The molecule has 4 rings (SSSR count). The van der Waals surface area contributed by atoms with Gasteiger partial charge in [-0.3, -0.25) is 9.69 Å². The molecule has 0 radical (unpaired) electrons. The van der Waals surface area contributed by atoms with Crippen LogP contribution in [0.1, 0.15) is 21.5 Å². The number of amidine groups is 1. The second-order valence-corrected chi connectivity index (χ2v) is 9.50. The molecule has 9 heteroatoms. The number of rotatable bonds is 6. The molecule has 0 saturated carbocycles. The highest BCUT2D eigenvalue weighted by molar-refractivity contribution is 14.1. The minimum Gasteiger partial charge on any atom is -0.488 e. The van der Waals surface area contributed by atoms with Crippen LogP contribution in [0, 0.1) is 9.39 Å². The van der Waals surface area contributed by atoms with Gasteiger partial charge in [-0.2, -0.15) is 0 Å². The quantitative estimate of drug-likeness (QED) is 0.285. The van der Waals surface area contributed by atoms with E-state index in [1.807, 2.05) is 18.2 Å². The van der Waals surface area contributed by atoms with Gasteiger partial charge in [0, 0.05) is 7.05 Å². The number of benzene rings is 3. The lowest BCUT2D eigenvalue weighted by molar-refractivity contribution is -0.121. The van der Waals surface area contributed by atoms with Gasteiger partial charge in [-0.05, 0) is 100 Å². The van der Waals surface area contributed by atoms with Crippen LogP contribution < -0.4 is 4.74 Å². The van der Waals surface area contributed by atoms with Gasteiger partial charge in [0.25, 0.3) is 5.91 Å². The van der Waals surface area contributed by atoms with Crippen LogP contribution in [0.5, 0.6) is 5.75 Å². The number of carbonyl (C=O) groups is 2. The van der Waals surface area contributed by atoms with E-state index < -0.39 is 5.97 Å². The maximum absolute atomic E-state index is 13.3. The number of carboxylic acid groups (broad SMARTS) is 1. The van der Waals surface area contributed by atoms with Gasteiger partial charge in [0.2, 0.25) is 0 Å². The molecule has 0 aromatic heterocycles. The van der Waals surface area contributed by atoms with Crippen LogP contribution in [0.3, 0.4) is 0 Å². The average Bonchev–Trinajstić information content (AvgIpc) is 3.06. The highest BCUT2D eigenvalue weighted by Crippen LogP contribution is 2.34. The van der Waals surface area contributed by atoms with E-state index in [0.717, 1.165) is 14.7 Å². The second-order valence-electron chi connectivity index (χ2n) is 7.33. The van der Waals surface area contributed by atoms with Gasteiger partial charge >= 0.3 is 5.97 Å². The summed E-state index contributed by atoms with van der Waals surface area (Å²) >= 11 is 3.41. The van der Waals surface area contributed by atoms with Gasteiger partial charge in [-0.1, -0.05) is 18.2 Å². The summed E-state index contributed by atoms with van der Waals surface area (Å²) in [5.41, 5.74) is 2.30. The Morgan fingerprint density at radius 3 is 2.62 bits per heavy atom. The SMILES string of the molecule is CN1C(=O)/C(=C/c2ccc(OCc3cccc(F)c3)c(I)c2)SC1=Nc1ccc(C(=O)O)cc1. The molecule has 1 amide bonds. The van der Waals surface area contributed by atoms with E-state index >= 15 is 0 Å². The molecule has 0 spiro atoms. The molecule has 3 aromatic rings. The van der Waals surface area contributed by atoms with Crippen molar-refractivity contribution in [3.63, 3.8) is 0 Å². The Balaban J connectivity index is 1.48. The summed E-state index contributed by atoms with van der Waals surface area (Å²) in [5, 5.41) is 9.52. The van der Waals surface area contributed by atoms with Crippen molar-refractivity contribution in [2.45, 2.75) is 6.61 Å². The Labute approximate surface area is 213 Å². The average molecular weight is 588 g/mol. The van der Waals surface area contributed by atoms with Gasteiger partial charge in [0.1, 0.15) is 18.2 Å². The topological polar surface area (TPSA) is 79.2 Å². The third kappa shape index (κ3) is 5.65. The van der Waals surface area contributed by atoms with Crippen LogP contribution in [0.25, 0.3) is 6.08 Å². The summed E-state index contributed by atoms with van der Waals surface area (Å²) in [4.78, 5) is 30.2. The van der Waals surface area contributed by atoms with Gasteiger partial charge in [0.15, 0.2) is 5.17 Å². The van der Waals surface area contributed by atoms with Crippen LogP contribution in [0.15, 0.2) is 76.6 Å². The Morgan fingerprint density at radius 2 is 1.94 bits per heavy atom. The van der Waals surface area contributed by atoms with Crippen molar-refractivity contribution in [2.75, 3.05) is 7.05 Å². The van der Waals surface area contributed by atoms with Crippen LogP contribution in [0.2, 0.25) is 0 Å². The summed E-state index contributed by atoms with van der Waals surface area (Å²) in [7, 11) is 1.65. The highest BCUT2D eigenvalue weighted by Gasteiger charge is 2.30. The van der Waals surface area contributed by atoms with Crippen molar-refractivity contribution >= 4 is 63.2 Å². The third-order valence-corrected chi connectivity index (χ3v) is 6.78. The summed E-state index contributed by atoms with van der Waals surface area (Å²) < 4.78 is 20.0. The van der Waals surface area contributed by atoms with E-state index in [-0.39, 0.29) is 23.9 Å². The molecule has 0 aliphatic carbocycles. The lowest BCUT2D eigenvalue weighted by Gasteiger charge is -2.09. The molecular weight excluding hydrogens is 570 g/mol. The predicted molar refractivity (Wildman–Crippen MR) is 139 cm³/mol. The van der Waals surface area contributed by atoms with Crippen LogP contribution in [0.4, 0.5) is 10.1 Å². The number of carboxylic acids is 1. The van der Waals surface area contributed by atoms with E-state index in [9.17, 15) is 14.0 Å². The number of amides is 1. The van der Waals surface area contributed by atoms with E-state index in [1.54, 1.807) is 37.4 Å². The molecule has 1 N–H and O–H groups in total. The Bertz CT molecular complexity index is 1320. The molecule has 6 nitrogen and oxygen atoms in total. The van der Waals surface area contributed by atoms with Crippen molar-refractivity contribution < 1.29 is 23.8 Å². The minimum absolute atomic E-state index is 0.172. The van der Waals surface area contributed by atoms with E-state index in [4.69, 9.17) is 9.84 Å². The fourth-order valence-corrected chi connectivity index (χ4v) is 4.79. The molecule has 1 saturated heterocycles. The zero-order valence-electron chi connectivity index (χ0n) is 17.9. The van der Waals surface area contributed by atoms with Gasteiger partial charge in [-0.15, -0.1) is 0 Å². The van der Waals surface area contributed by atoms with E-state index in [2.05, 4.69) is 27.6 Å². The minimum atomic E-state index is -1.01. The van der Waals surface area contributed by atoms with Gasteiger partial charge in [0.05, 0.1) is 19.7 Å². The maximum Gasteiger partial charge on any atom is 0.335 e. The molecular formula is C25H18FIN2O4S. The van der Waals surface area contributed by atoms with Crippen molar-refractivity contribution in [3.05, 3.63) is 97.7 Å². The zero-order chi connectivity index (χ0) is 24.2. The first-order valence-corrected chi connectivity index (χ1v) is 12.0. The molecule has 3 aromatic carbocycles. The largest absolute Gasteiger partial charge is 0.488 e. The molecule has 1 aliphatic heterocycles. The lowest BCUT2D eigenvalue weighted by Crippen LogP contribution is -2.23. The number of hydrogen-bond donors (Lipinski definition) is 1. The lowest BCUT2D eigenvalue weighted by atomic mass is 10.2. The summed E-state index contributed by atoms with van der Waals surface area (Å²) in [6, 6.07) is 18.0. The number of nitrogens with zero attached hydrogens (tertiary/aromatic N) is 2. The number of hydrogen-bond acceptors (Lipinski definition) is 5. The molecule has 1 fully saturated rings. The number of aromatic carboxylic acids is 1. The number of ether oxygens (including phenoxy) is 1. The number of aliphatic imine (C=N–C) groups is 1. The molecule has 34 heavy (non-hydrogen) atoms. The molecule has 0 atom stereocenters. The smallest absolute Gasteiger partial charge is 0.335 e. The second kappa shape index (κ2) is 10.4.